The van der Waals surface area contributed by atoms with Crippen LogP contribution in [0.15, 0.2) is 30.3 Å². The number of rotatable bonds is 8. The van der Waals surface area contributed by atoms with Crippen molar-refractivity contribution in [1.82, 2.24) is 5.01 Å². The Morgan fingerprint density at radius 3 is 2.43 bits per heavy atom. The van der Waals surface area contributed by atoms with Crippen molar-refractivity contribution < 1.29 is 76.0 Å². The van der Waals surface area contributed by atoms with Gasteiger partial charge in [0.1, 0.15) is 0 Å². The van der Waals surface area contributed by atoms with Crippen LogP contribution < -0.4 is 51.4 Å². The number of hydrogen-bond donors (Lipinski definition) is 0. The van der Waals surface area contributed by atoms with Crippen LogP contribution in [0.4, 0.5) is 0 Å². The molecule has 0 radical (unpaired) electrons. The summed E-state index contributed by atoms with van der Waals surface area (Å²) in [5, 5.41) is 1.74. The summed E-state index contributed by atoms with van der Waals surface area (Å²) in [6.45, 7) is 2.86. The molecule has 0 atom stereocenters. The van der Waals surface area contributed by atoms with Crippen LogP contribution in [0.5, 0.6) is 0 Å². The molecule has 7 nitrogen and oxygen atoms in total. The van der Waals surface area contributed by atoms with Crippen molar-refractivity contribution >= 4 is 6.29 Å². The van der Waals surface area contributed by atoms with Crippen molar-refractivity contribution in [2.75, 3.05) is 32.9 Å². The van der Waals surface area contributed by atoms with Gasteiger partial charge in [-0.15, -0.1) is 5.01 Å². The van der Waals surface area contributed by atoms with Crippen molar-refractivity contribution in [3.63, 3.8) is 0 Å². The van der Waals surface area contributed by atoms with Gasteiger partial charge in [0.2, 0.25) is 0 Å². The Labute approximate surface area is 209 Å². The van der Waals surface area contributed by atoms with Crippen molar-refractivity contribution in [1.29, 1.82) is 0 Å². The van der Waals surface area contributed by atoms with E-state index in [9.17, 15) is 9.70 Å². The van der Waals surface area contributed by atoms with E-state index < -0.39 is 5.54 Å². The molecule has 0 unspecified atom stereocenters. The second-order valence-corrected chi connectivity index (χ2v) is 7.13. The van der Waals surface area contributed by atoms with Gasteiger partial charge >= 0.3 is 51.4 Å². The Kier molecular flexibility index (Phi) is 12.2. The number of hydrogen-bond acceptors (Lipinski definition) is 5. The molecule has 3 rings (SSSR count). The van der Waals surface area contributed by atoms with Crippen molar-refractivity contribution in [2.24, 2.45) is 0 Å². The SMILES string of the molecule is O=[C-]C1([N+](=O)N2CCC(OCCCc3ccccc3)CC2)CCOCC1.[K+].[OH-]. The van der Waals surface area contributed by atoms with Gasteiger partial charge in [-0.3, -0.25) is 0 Å². The summed E-state index contributed by atoms with van der Waals surface area (Å²) in [6.07, 6.45) is 6.67. The number of aryl methyl sites for hydroxylation is 1. The molecule has 0 bridgehead atoms. The molecule has 0 amide bonds. The molecule has 2 heterocycles. The summed E-state index contributed by atoms with van der Waals surface area (Å²) >= 11 is 0. The Morgan fingerprint density at radius 2 is 1.82 bits per heavy atom. The fourth-order valence-electron chi connectivity index (χ4n) is 3.67. The predicted molar refractivity (Wildman–Crippen MR) is 99.4 cm³/mol. The van der Waals surface area contributed by atoms with Gasteiger partial charge in [-0.25, -0.2) is 0 Å². The number of carbonyl (C=O) groups excluding carboxylic acids is 1. The molecule has 0 saturated carbocycles. The zero-order valence-electron chi connectivity index (χ0n) is 16.7. The van der Waals surface area contributed by atoms with Gasteiger partial charge in [0.05, 0.1) is 37.3 Å². The van der Waals surface area contributed by atoms with Crippen LogP contribution in [0.2, 0.25) is 0 Å². The van der Waals surface area contributed by atoms with E-state index in [0.717, 1.165) is 37.2 Å². The van der Waals surface area contributed by atoms with Crippen molar-refractivity contribution in [2.45, 2.75) is 50.2 Å². The zero-order chi connectivity index (χ0) is 18.2. The first-order valence-corrected chi connectivity index (χ1v) is 9.58. The third kappa shape index (κ3) is 6.95. The van der Waals surface area contributed by atoms with Gasteiger partial charge in [-0.1, -0.05) is 30.3 Å². The van der Waals surface area contributed by atoms with Crippen LogP contribution in [-0.2, 0) is 20.7 Å². The van der Waals surface area contributed by atoms with Crippen LogP contribution in [0.1, 0.15) is 37.7 Å². The van der Waals surface area contributed by atoms with E-state index in [1.807, 2.05) is 12.4 Å². The Bertz CT molecular complexity index is 588. The number of nitrogens with zero attached hydrogens (tertiary/aromatic N) is 2. The van der Waals surface area contributed by atoms with Gasteiger partial charge in [0.15, 0.2) is 5.54 Å². The summed E-state index contributed by atoms with van der Waals surface area (Å²) in [7, 11) is 0. The largest absolute Gasteiger partial charge is 1.00 e. The average molecular weight is 417 g/mol. The summed E-state index contributed by atoms with van der Waals surface area (Å²) < 4.78 is 11.3. The molecule has 1 aromatic carbocycles. The van der Waals surface area contributed by atoms with Gasteiger partial charge in [0, 0.05) is 24.4 Å². The van der Waals surface area contributed by atoms with E-state index in [2.05, 4.69) is 24.3 Å². The second-order valence-electron chi connectivity index (χ2n) is 7.13. The minimum Gasteiger partial charge on any atom is -0.870 e. The average Bonchev–Trinajstić information content (AvgIpc) is 2.72. The molecule has 8 heteroatoms. The molecule has 28 heavy (non-hydrogen) atoms. The normalized spacial score (nSPS) is 19.2. The molecule has 2 aliphatic rings. The van der Waals surface area contributed by atoms with Gasteiger partial charge < -0.3 is 19.7 Å². The number of ether oxygens (including phenoxy) is 2. The maximum Gasteiger partial charge on any atom is 1.00 e. The number of nitroso groups, excluding NO2 is 1. The molecule has 2 fully saturated rings. The van der Waals surface area contributed by atoms with E-state index in [1.54, 1.807) is 5.01 Å². The molecule has 2 aliphatic heterocycles. The second kappa shape index (κ2) is 13.2. The third-order valence-electron chi connectivity index (χ3n) is 5.36. The Balaban J connectivity index is 0.00000196. The quantitative estimate of drug-likeness (QED) is 0.241. The Morgan fingerprint density at radius 1 is 1.18 bits per heavy atom. The zero-order valence-corrected chi connectivity index (χ0v) is 19.8. The first-order chi connectivity index (χ1) is 12.7. The monoisotopic (exact) mass is 416 g/mol. The van der Waals surface area contributed by atoms with Gasteiger partial charge in [0.25, 0.3) is 0 Å². The van der Waals surface area contributed by atoms with Crippen LogP contribution >= 0.6 is 0 Å². The van der Waals surface area contributed by atoms with E-state index in [-0.39, 0.29) is 63.0 Å². The van der Waals surface area contributed by atoms with Crippen LogP contribution in [0.25, 0.3) is 0 Å². The first-order valence-electron chi connectivity index (χ1n) is 9.58. The van der Waals surface area contributed by atoms with Gasteiger partial charge in [-0.05, 0) is 31.2 Å². The molecule has 1 aromatic rings. The fourth-order valence-corrected chi connectivity index (χ4v) is 3.67. The number of piperidine rings is 1. The molecular formula is C20H29KN2O5. The molecule has 0 spiro atoms. The van der Waals surface area contributed by atoms with Crippen molar-refractivity contribution in [3.05, 3.63) is 40.8 Å². The third-order valence-corrected chi connectivity index (χ3v) is 5.36. The summed E-state index contributed by atoms with van der Waals surface area (Å²) in [6, 6.07) is 10.4. The first kappa shape index (κ1) is 25.8. The van der Waals surface area contributed by atoms with E-state index >= 15 is 0 Å². The van der Waals surface area contributed by atoms with Crippen LogP contribution in [-0.4, -0.2) is 66.2 Å². The standard InChI is InChI=1S/C20H28N2O4.K.H2O/c23-17-20(10-15-25-16-11-20)22(24)21-12-8-19(9-13-21)26-14-4-7-18-5-2-1-3-6-18;;/h1-3,5-6,19H,4,7-16H2;;1H2/q;+1;/p-1. The maximum atomic E-state index is 12.7. The van der Waals surface area contributed by atoms with E-state index in [1.165, 1.54) is 5.56 Å². The molecule has 1 N–H and O–H groups in total. The molecule has 0 aliphatic carbocycles. The van der Waals surface area contributed by atoms with Crippen LogP contribution in [0, 0.1) is 4.91 Å². The topological polar surface area (TPSA) is 88.9 Å². The molecule has 0 aromatic heterocycles. The van der Waals surface area contributed by atoms with Crippen molar-refractivity contribution in [3.8, 4) is 0 Å². The predicted octanol–water partition coefficient (Wildman–Crippen LogP) is -0.720. The summed E-state index contributed by atoms with van der Waals surface area (Å²) in [4.78, 5) is 25.0. The van der Waals surface area contributed by atoms with E-state index in [0.29, 0.717) is 39.1 Å². The summed E-state index contributed by atoms with van der Waals surface area (Å²) in [5.74, 6) is 0. The number of hydrazine groups is 1. The minimum absolute atomic E-state index is 0. The number of benzene rings is 1. The van der Waals surface area contributed by atoms with Crippen LogP contribution in [0.3, 0.4) is 0 Å². The maximum absolute atomic E-state index is 12.7. The van der Waals surface area contributed by atoms with Gasteiger partial charge in [-0.2, -0.15) is 6.29 Å². The minimum atomic E-state index is -1.07. The van der Waals surface area contributed by atoms with E-state index in [4.69, 9.17) is 9.47 Å². The molecule has 150 valence electrons. The Hall–Kier alpha value is -0.194. The smallest absolute Gasteiger partial charge is 0.870 e. The summed E-state index contributed by atoms with van der Waals surface area (Å²) in [5.41, 5.74) is 0.265. The molecular weight excluding hydrogens is 387 g/mol. The fraction of sp³-hybridized carbons (Fsp3) is 0.650. The molecule has 2 saturated heterocycles.